The number of piperidine rings is 1. The van der Waals surface area contributed by atoms with Crippen molar-refractivity contribution in [2.75, 3.05) is 32.1 Å². The Morgan fingerprint density at radius 2 is 2.26 bits per heavy atom. The number of rotatable bonds is 5. The molecule has 1 aromatic carbocycles. The lowest BCUT2D eigenvalue weighted by molar-refractivity contribution is -0.0511. The lowest BCUT2D eigenvalue weighted by Crippen LogP contribution is -2.43. The molecule has 23 heavy (non-hydrogen) atoms. The molecule has 8 heteroatoms. The van der Waals surface area contributed by atoms with Crippen LogP contribution in [0.15, 0.2) is 18.2 Å². The topological polar surface area (TPSA) is 71.0 Å². The Morgan fingerprint density at radius 1 is 1.48 bits per heavy atom. The number of carbonyl (C=O) groups is 1. The molecular formula is C15H20F2N2O4. The van der Waals surface area contributed by atoms with Gasteiger partial charge in [-0.1, -0.05) is 0 Å². The van der Waals surface area contributed by atoms with Crippen molar-refractivity contribution in [2.45, 2.75) is 19.5 Å². The molecule has 0 aromatic heterocycles. The standard InChI is InChI=1S/C15H20F2N2O4/c1-22-12-5-4-11(7-13(12)23-14(16)17)18-15(21)19-6-2-3-10(8-19)9-20/h4-5,7,10,14,20H,2-3,6,8-9H2,1H3,(H,18,21). The van der Waals surface area contributed by atoms with Gasteiger partial charge in [-0.05, 0) is 30.9 Å². The first-order valence-electron chi connectivity index (χ1n) is 7.33. The third-order valence-corrected chi connectivity index (χ3v) is 3.70. The molecule has 1 heterocycles. The number of nitrogens with one attached hydrogen (secondary N) is 1. The van der Waals surface area contributed by atoms with Gasteiger partial charge in [-0.25, -0.2) is 4.79 Å². The van der Waals surface area contributed by atoms with E-state index >= 15 is 0 Å². The predicted molar refractivity (Wildman–Crippen MR) is 80.0 cm³/mol. The fraction of sp³-hybridized carbons (Fsp3) is 0.533. The minimum atomic E-state index is -2.98. The van der Waals surface area contributed by atoms with Gasteiger partial charge in [0.15, 0.2) is 11.5 Å². The van der Waals surface area contributed by atoms with Gasteiger partial charge in [0, 0.05) is 31.5 Å². The van der Waals surface area contributed by atoms with Crippen molar-refractivity contribution in [1.29, 1.82) is 0 Å². The van der Waals surface area contributed by atoms with Gasteiger partial charge in [0.1, 0.15) is 0 Å². The Hall–Kier alpha value is -2.09. The second-order valence-corrected chi connectivity index (χ2v) is 5.31. The second kappa shape index (κ2) is 7.96. The number of aliphatic hydroxyl groups is 1. The third kappa shape index (κ3) is 4.69. The summed E-state index contributed by atoms with van der Waals surface area (Å²) in [4.78, 5) is 13.8. The first kappa shape index (κ1) is 17.3. The summed E-state index contributed by atoms with van der Waals surface area (Å²) in [7, 11) is 1.34. The Bertz CT molecular complexity index is 542. The molecule has 0 aliphatic carbocycles. The lowest BCUT2D eigenvalue weighted by atomic mass is 9.99. The fourth-order valence-corrected chi connectivity index (χ4v) is 2.54. The molecule has 2 N–H and O–H groups in total. The number of hydrogen-bond donors (Lipinski definition) is 2. The van der Waals surface area contributed by atoms with Gasteiger partial charge in [-0.2, -0.15) is 8.78 Å². The van der Waals surface area contributed by atoms with E-state index in [1.54, 1.807) is 11.0 Å². The van der Waals surface area contributed by atoms with Crippen LogP contribution in [-0.4, -0.2) is 49.5 Å². The number of anilines is 1. The average molecular weight is 330 g/mol. The molecule has 2 rings (SSSR count). The van der Waals surface area contributed by atoms with Crippen LogP contribution in [0.3, 0.4) is 0 Å². The molecule has 0 spiro atoms. The van der Waals surface area contributed by atoms with E-state index in [9.17, 15) is 18.7 Å². The highest BCUT2D eigenvalue weighted by atomic mass is 19.3. The van der Waals surface area contributed by atoms with Crippen LogP contribution in [0.2, 0.25) is 0 Å². The molecule has 0 bridgehead atoms. The molecule has 1 saturated heterocycles. The third-order valence-electron chi connectivity index (χ3n) is 3.70. The van der Waals surface area contributed by atoms with Crippen LogP contribution in [0.4, 0.5) is 19.3 Å². The van der Waals surface area contributed by atoms with Gasteiger partial charge in [-0.15, -0.1) is 0 Å². The number of urea groups is 1. The number of likely N-dealkylation sites (tertiary alicyclic amines) is 1. The van der Waals surface area contributed by atoms with E-state index in [2.05, 4.69) is 10.1 Å². The summed E-state index contributed by atoms with van der Waals surface area (Å²) in [5.41, 5.74) is 0.331. The van der Waals surface area contributed by atoms with Crippen LogP contribution in [0, 0.1) is 5.92 Å². The largest absolute Gasteiger partial charge is 0.493 e. The molecule has 6 nitrogen and oxygen atoms in total. The first-order chi connectivity index (χ1) is 11.0. The molecule has 0 saturated carbocycles. The summed E-state index contributed by atoms with van der Waals surface area (Å²) in [5.74, 6) is 0.0805. The Balaban J connectivity index is 2.05. The SMILES string of the molecule is COc1ccc(NC(=O)N2CCCC(CO)C2)cc1OC(F)F. The highest BCUT2D eigenvalue weighted by molar-refractivity contribution is 5.89. The number of halogens is 2. The van der Waals surface area contributed by atoms with Crippen molar-refractivity contribution in [1.82, 2.24) is 4.90 Å². The zero-order valence-corrected chi connectivity index (χ0v) is 12.8. The average Bonchev–Trinajstić information content (AvgIpc) is 2.54. The van der Waals surface area contributed by atoms with Crippen molar-refractivity contribution in [3.05, 3.63) is 18.2 Å². The molecule has 1 atom stereocenters. The van der Waals surface area contributed by atoms with E-state index < -0.39 is 6.61 Å². The van der Waals surface area contributed by atoms with Crippen LogP contribution in [0.5, 0.6) is 11.5 Å². The van der Waals surface area contributed by atoms with Crippen molar-refractivity contribution in [3.63, 3.8) is 0 Å². The molecule has 1 aliphatic heterocycles. The number of amides is 2. The summed E-state index contributed by atoms with van der Waals surface area (Å²) < 4.78 is 34.1. The van der Waals surface area contributed by atoms with Crippen LogP contribution in [0.1, 0.15) is 12.8 Å². The van der Waals surface area contributed by atoms with Crippen molar-refractivity contribution >= 4 is 11.7 Å². The second-order valence-electron chi connectivity index (χ2n) is 5.31. The number of ether oxygens (including phenoxy) is 2. The van der Waals surface area contributed by atoms with Crippen LogP contribution in [0.25, 0.3) is 0 Å². The zero-order valence-electron chi connectivity index (χ0n) is 12.8. The summed E-state index contributed by atoms with van der Waals surface area (Å²) >= 11 is 0. The Morgan fingerprint density at radius 3 is 2.91 bits per heavy atom. The number of hydrogen-bond acceptors (Lipinski definition) is 4. The summed E-state index contributed by atoms with van der Waals surface area (Å²) in [5, 5.41) is 11.8. The maximum absolute atomic E-state index is 12.4. The molecule has 1 unspecified atom stereocenters. The number of aliphatic hydroxyl groups excluding tert-OH is 1. The quantitative estimate of drug-likeness (QED) is 0.870. The minimum absolute atomic E-state index is 0.0404. The minimum Gasteiger partial charge on any atom is -0.493 e. The van der Waals surface area contributed by atoms with Crippen molar-refractivity contribution < 1.29 is 28.2 Å². The van der Waals surface area contributed by atoms with Gasteiger partial charge in [0.2, 0.25) is 0 Å². The number of carbonyl (C=O) groups excluding carboxylic acids is 1. The van der Waals surface area contributed by atoms with Crippen LogP contribution >= 0.6 is 0 Å². The van der Waals surface area contributed by atoms with Gasteiger partial charge in [-0.3, -0.25) is 0 Å². The van der Waals surface area contributed by atoms with E-state index in [0.717, 1.165) is 12.8 Å². The summed E-state index contributed by atoms with van der Waals surface area (Å²) in [6.45, 7) is -1.88. The van der Waals surface area contributed by atoms with Crippen molar-refractivity contribution in [3.8, 4) is 11.5 Å². The summed E-state index contributed by atoms with van der Waals surface area (Å²) in [6, 6.07) is 3.94. The van der Waals surface area contributed by atoms with E-state index in [-0.39, 0.29) is 30.1 Å². The fourth-order valence-electron chi connectivity index (χ4n) is 2.54. The maximum atomic E-state index is 12.4. The van der Waals surface area contributed by atoms with E-state index in [0.29, 0.717) is 18.8 Å². The predicted octanol–water partition coefficient (Wildman–Crippen LogP) is 2.53. The number of benzene rings is 1. The molecule has 1 aliphatic rings. The van der Waals surface area contributed by atoms with E-state index in [1.807, 2.05) is 0 Å². The highest BCUT2D eigenvalue weighted by Gasteiger charge is 2.23. The maximum Gasteiger partial charge on any atom is 0.387 e. The normalized spacial score (nSPS) is 18.0. The van der Waals surface area contributed by atoms with Crippen LogP contribution in [-0.2, 0) is 0 Å². The molecule has 1 fully saturated rings. The van der Waals surface area contributed by atoms with Crippen LogP contribution < -0.4 is 14.8 Å². The molecule has 128 valence electrons. The molecule has 2 amide bonds. The molecular weight excluding hydrogens is 310 g/mol. The first-order valence-corrected chi connectivity index (χ1v) is 7.33. The smallest absolute Gasteiger partial charge is 0.387 e. The number of alkyl halides is 2. The zero-order chi connectivity index (χ0) is 16.8. The Kier molecular flexibility index (Phi) is 5.97. The van der Waals surface area contributed by atoms with Gasteiger partial charge < -0.3 is 24.8 Å². The van der Waals surface area contributed by atoms with Gasteiger partial charge >= 0.3 is 12.6 Å². The van der Waals surface area contributed by atoms with E-state index in [4.69, 9.17) is 4.74 Å². The number of nitrogens with zero attached hydrogens (tertiary/aromatic N) is 1. The van der Waals surface area contributed by atoms with Gasteiger partial charge in [0.25, 0.3) is 0 Å². The summed E-state index contributed by atoms with van der Waals surface area (Å²) in [6.07, 6.45) is 1.70. The lowest BCUT2D eigenvalue weighted by Gasteiger charge is -2.31. The van der Waals surface area contributed by atoms with Gasteiger partial charge in [0.05, 0.1) is 7.11 Å². The molecule has 0 radical (unpaired) electrons. The monoisotopic (exact) mass is 330 g/mol. The van der Waals surface area contributed by atoms with E-state index in [1.165, 1.54) is 19.2 Å². The highest BCUT2D eigenvalue weighted by Crippen LogP contribution is 2.31. The number of methoxy groups -OCH3 is 1. The van der Waals surface area contributed by atoms with Crippen molar-refractivity contribution in [2.24, 2.45) is 5.92 Å². The molecule has 1 aromatic rings. The Labute approximate surface area is 133 Å².